The molecule has 5 heteroatoms. The molecule has 15 heavy (non-hydrogen) atoms. The average Bonchev–Trinajstić information content (AvgIpc) is 2.71. The zero-order valence-electron chi connectivity index (χ0n) is 9.28. The van der Waals surface area contributed by atoms with Crippen molar-refractivity contribution < 1.29 is 5.21 Å². The van der Waals surface area contributed by atoms with Crippen molar-refractivity contribution in [2.45, 2.75) is 43.4 Å². The Labute approximate surface area is 95.7 Å². The first-order valence-corrected chi connectivity index (χ1v) is 6.79. The molecule has 0 aromatic rings. The second-order valence-electron chi connectivity index (χ2n) is 3.96. The fourth-order valence-electron chi connectivity index (χ4n) is 2.05. The van der Waals surface area contributed by atoms with Crippen LogP contribution in [0.15, 0.2) is 5.16 Å². The number of nitrogens with one attached hydrogen (secondary N) is 1. The molecule has 0 amide bonds. The summed E-state index contributed by atoms with van der Waals surface area (Å²) in [5.74, 6) is 0.324. The van der Waals surface area contributed by atoms with Gasteiger partial charge in [-0.05, 0) is 32.1 Å². The maximum atomic E-state index is 8.36. The molecule has 0 heterocycles. The van der Waals surface area contributed by atoms with Crippen LogP contribution in [0.4, 0.5) is 0 Å². The van der Waals surface area contributed by atoms with Gasteiger partial charge < -0.3 is 16.3 Å². The lowest BCUT2D eigenvalue weighted by atomic mass is 10.2. The van der Waals surface area contributed by atoms with Crippen molar-refractivity contribution in [3.8, 4) is 0 Å². The van der Waals surface area contributed by atoms with E-state index in [4.69, 9.17) is 10.9 Å². The quantitative estimate of drug-likeness (QED) is 0.212. The standard InChI is InChI=1S/C10H21N3OS/c1-15-9-5-2-4-8(9)12-7-3-6-10(11)13-14/h8-9,12,14H,2-7H2,1H3,(H2,11,13). The maximum Gasteiger partial charge on any atom is 0.139 e. The number of hydrogen-bond donors (Lipinski definition) is 3. The number of rotatable bonds is 6. The van der Waals surface area contributed by atoms with E-state index in [1.165, 1.54) is 19.3 Å². The summed E-state index contributed by atoms with van der Waals surface area (Å²) >= 11 is 1.96. The summed E-state index contributed by atoms with van der Waals surface area (Å²) in [6.45, 7) is 0.956. The first kappa shape index (κ1) is 12.6. The molecular weight excluding hydrogens is 210 g/mol. The fourth-order valence-corrected chi connectivity index (χ4v) is 3.01. The van der Waals surface area contributed by atoms with E-state index in [-0.39, 0.29) is 0 Å². The van der Waals surface area contributed by atoms with Gasteiger partial charge in [-0.25, -0.2) is 0 Å². The van der Waals surface area contributed by atoms with Crippen molar-refractivity contribution in [1.29, 1.82) is 0 Å². The van der Waals surface area contributed by atoms with E-state index in [2.05, 4.69) is 16.7 Å². The van der Waals surface area contributed by atoms with Crippen molar-refractivity contribution >= 4 is 17.6 Å². The van der Waals surface area contributed by atoms with Crippen molar-refractivity contribution in [1.82, 2.24) is 5.32 Å². The van der Waals surface area contributed by atoms with Gasteiger partial charge in [0.1, 0.15) is 5.84 Å². The van der Waals surface area contributed by atoms with Gasteiger partial charge >= 0.3 is 0 Å². The van der Waals surface area contributed by atoms with Crippen molar-refractivity contribution in [2.75, 3.05) is 12.8 Å². The molecule has 0 radical (unpaired) electrons. The third kappa shape index (κ3) is 4.30. The average molecular weight is 231 g/mol. The second-order valence-corrected chi connectivity index (χ2v) is 5.04. The van der Waals surface area contributed by atoms with Gasteiger partial charge in [0.05, 0.1) is 0 Å². The van der Waals surface area contributed by atoms with Gasteiger partial charge in [0.2, 0.25) is 0 Å². The van der Waals surface area contributed by atoms with Crippen LogP contribution in [0.2, 0.25) is 0 Å². The molecule has 0 aromatic carbocycles. The zero-order valence-corrected chi connectivity index (χ0v) is 10.1. The molecule has 2 unspecified atom stereocenters. The second kappa shape index (κ2) is 6.95. The molecule has 1 aliphatic carbocycles. The predicted octanol–water partition coefficient (Wildman–Crippen LogP) is 1.39. The molecule has 4 nitrogen and oxygen atoms in total. The van der Waals surface area contributed by atoms with Crippen molar-refractivity contribution in [3.05, 3.63) is 0 Å². The molecule has 0 aromatic heterocycles. The van der Waals surface area contributed by atoms with Gasteiger partial charge in [-0.3, -0.25) is 0 Å². The normalized spacial score (nSPS) is 27.1. The SMILES string of the molecule is CSC1CCCC1NCCCC(N)=NO. The van der Waals surface area contributed by atoms with Crippen LogP contribution in [-0.4, -0.2) is 35.1 Å². The topological polar surface area (TPSA) is 70.6 Å². The van der Waals surface area contributed by atoms with Crippen LogP contribution in [0.3, 0.4) is 0 Å². The minimum Gasteiger partial charge on any atom is -0.409 e. The lowest BCUT2D eigenvalue weighted by molar-refractivity contribution is 0.316. The lowest BCUT2D eigenvalue weighted by Gasteiger charge is -2.18. The van der Waals surface area contributed by atoms with E-state index >= 15 is 0 Å². The first-order valence-electron chi connectivity index (χ1n) is 5.50. The summed E-state index contributed by atoms with van der Waals surface area (Å²) in [4.78, 5) is 0. The van der Waals surface area contributed by atoms with E-state index in [1.54, 1.807) is 0 Å². The highest BCUT2D eigenvalue weighted by Crippen LogP contribution is 2.28. The summed E-state index contributed by atoms with van der Waals surface area (Å²) < 4.78 is 0. The Kier molecular flexibility index (Phi) is 5.86. The highest BCUT2D eigenvalue weighted by atomic mass is 32.2. The Hall–Kier alpha value is -0.420. The van der Waals surface area contributed by atoms with Gasteiger partial charge in [-0.1, -0.05) is 11.6 Å². The molecule has 88 valence electrons. The van der Waals surface area contributed by atoms with Gasteiger partial charge in [0, 0.05) is 17.7 Å². The minimum absolute atomic E-state index is 0.324. The molecule has 1 fully saturated rings. The third-order valence-electron chi connectivity index (χ3n) is 2.90. The number of oxime groups is 1. The van der Waals surface area contributed by atoms with Crippen LogP contribution in [-0.2, 0) is 0 Å². The van der Waals surface area contributed by atoms with Crippen LogP contribution in [0.25, 0.3) is 0 Å². The first-order chi connectivity index (χ1) is 7.27. The van der Waals surface area contributed by atoms with Crippen LogP contribution >= 0.6 is 11.8 Å². The molecule has 2 atom stereocenters. The summed E-state index contributed by atoms with van der Waals surface area (Å²) in [5.41, 5.74) is 5.39. The number of nitrogens with two attached hydrogens (primary N) is 1. The third-order valence-corrected chi connectivity index (χ3v) is 4.07. The molecule has 1 rings (SSSR count). The number of amidine groups is 1. The largest absolute Gasteiger partial charge is 0.409 e. The summed E-state index contributed by atoms with van der Waals surface area (Å²) in [5, 5.41) is 15.6. The summed E-state index contributed by atoms with van der Waals surface area (Å²) in [6.07, 6.45) is 7.74. The van der Waals surface area contributed by atoms with E-state index in [9.17, 15) is 0 Å². The van der Waals surface area contributed by atoms with Crippen LogP contribution in [0, 0.1) is 0 Å². The van der Waals surface area contributed by atoms with E-state index in [0.29, 0.717) is 18.3 Å². The Balaban J connectivity index is 2.09. The van der Waals surface area contributed by atoms with Gasteiger partial charge in [-0.2, -0.15) is 11.8 Å². The van der Waals surface area contributed by atoms with Gasteiger partial charge in [0.15, 0.2) is 0 Å². The number of thioether (sulfide) groups is 1. The Morgan fingerprint density at radius 3 is 3.07 bits per heavy atom. The predicted molar refractivity (Wildman–Crippen MR) is 65.6 cm³/mol. The summed E-state index contributed by atoms with van der Waals surface area (Å²) in [6, 6.07) is 0.660. The Morgan fingerprint density at radius 1 is 1.60 bits per heavy atom. The molecule has 0 bridgehead atoms. The van der Waals surface area contributed by atoms with Gasteiger partial charge in [0.25, 0.3) is 0 Å². The number of nitrogens with zero attached hydrogens (tertiary/aromatic N) is 1. The fraction of sp³-hybridized carbons (Fsp3) is 0.900. The smallest absolute Gasteiger partial charge is 0.139 e. The highest BCUT2D eigenvalue weighted by Gasteiger charge is 2.25. The minimum atomic E-state index is 0.324. The molecule has 0 saturated heterocycles. The van der Waals surface area contributed by atoms with Gasteiger partial charge in [-0.15, -0.1) is 0 Å². The van der Waals surface area contributed by atoms with E-state index < -0.39 is 0 Å². The number of hydrogen-bond acceptors (Lipinski definition) is 4. The van der Waals surface area contributed by atoms with E-state index in [0.717, 1.165) is 18.2 Å². The lowest BCUT2D eigenvalue weighted by Crippen LogP contribution is -2.34. The van der Waals surface area contributed by atoms with Crippen LogP contribution in [0.1, 0.15) is 32.1 Å². The zero-order chi connectivity index (χ0) is 11.1. The van der Waals surface area contributed by atoms with Crippen molar-refractivity contribution in [2.24, 2.45) is 10.9 Å². The molecule has 1 aliphatic rings. The molecule has 0 spiro atoms. The molecule has 4 N–H and O–H groups in total. The molecule has 1 saturated carbocycles. The monoisotopic (exact) mass is 231 g/mol. The Morgan fingerprint density at radius 2 is 2.40 bits per heavy atom. The van der Waals surface area contributed by atoms with Crippen molar-refractivity contribution in [3.63, 3.8) is 0 Å². The maximum absolute atomic E-state index is 8.36. The van der Waals surface area contributed by atoms with Crippen LogP contribution in [0.5, 0.6) is 0 Å². The van der Waals surface area contributed by atoms with Crippen LogP contribution < -0.4 is 11.1 Å². The highest BCUT2D eigenvalue weighted by molar-refractivity contribution is 7.99. The summed E-state index contributed by atoms with van der Waals surface area (Å²) in [7, 11) is 0. The molecular formula is C10H21N3OS. The Bertz CT molecular complexity index is 211. The van der Waals surface area contributed by atoms with E-state index in [1.807, 2.05) is 11.8 Å². The molecule has 0 aliphatic heterocycles.